The van der Waals surface area contributed by atoms with Crippen molar-refractivity contribution in [1.82, 2.24) is 20.3 Å². The van der Waals surface area contributed by atoms with Gasteiger partial charge in [0.15, 0.2) is 0 Å². The van der Waals surface area contributed by atoms with Crippen LogP contribution in [0, 0.1) is 0 Å². The van der Waals surface area contributed by atoms with Gasteiger partial charge >= 0.3 is 0 Å². The summed E-state index contributed by atoms with van der Waals surface area (Å²) in [7, 11) is 1.83. The van der Waals surface area contributed by atoms with E-state index in [0.717, 1.165) is 11.3 Å². The highest BCUT2D eigenvalue weighted by Gasteiger charge is 2.25. The smallest absolute Gasteiger partial charge is 0.0965 e. The van der Waals surface area contributed by atoms with Crippen LogP contribution in [0.1, 0.15) is 18.2 Å². The number of rotatable bonds is 5. The third kappa shape index (κ3) is 2.75. The van der Waals surface area contributed by atoms with Crippen LogP contribution in [-0.2, 0) is 19.1 Å². The summed E-state index contributed by atoms with van der Waals surface area (Å²) < 4.78 is 1.66. The molecule has 0 saturated carbocycles. The zero-order valence-corrected chi connectivity index (χ0v) is 10.7. The highest BCUT2D eigenvalue weighted by molar-refractivity contribution is 5.23. The summed E-state index contributed by atoms with van der Waals surface area (Å²) in [5, 5.41) is 20.8. The summed E-state index contributed by atoms with van der Waals surface area (Å²) >= 11 is 0. The molecule has 0 amide bonds. The average molecular weight is 246 g/mol. The molecule has 18 heavy (non-hydrogen) atoms. The first kappa shape index (κ1) is 12.7. The van der Waals surface area contributed by atoms with Gasteiger partial charge in [-0.05, 0) is 12.5 Å². The molecule has 1 aromatic heterocycles. The predicted octanol–water partition coefficient (Wildman–Crippen LogP) is 0.812. The largest absolute Gasteiger partial charge is 0.394 e. The molecule has 1 heterocycles. The number of aliphatic hydroxyl groups excluding tert-OH is 1. The molecule has 2 aromatic rings. The van der Waals surface area contributed by atoms with Gasteiger partial charge in [0.05, 0.1) is 17.8 Å². The second-order valence-electron chi connectivity index (χ2n) is 4.59. The standard InChI is InChI=1S/C13H18N4O/c1-13(10-18,11-6-4-3-5-7-11)14-8-12-9-17(2)16-15-12/h3-7,9,14,18H,8,10H2,1-2H3. The fourth-order valence-electron chi connectivity index (χ4n) is 1.82. The minimum absolute atomic E-state index is 0.0251. The Morgan fingerprint density at radius 2 is 2.06 bits per heavy atom. The molecule has 0 radical (unpaired) electrons. The van der Waals surface area contributed by atoms with Gasteiger partial charge < -0.3 is 5.11 Å². The predicted molar refractivity (Wildman–Crippen MR) is 68.7 cm³/mol. The van der Waals surface area contributed by atoms with Crippen LogP contribution in [0.25, 0.3) is 0 Å². The van der Waals surface area contributed by atoms with Crippen LogP contribution in [0.2, 0.25) is 0 Å². The maximum atomic E-state index is 9.62. The summed E-state index contributed by atoms with van der Waals surface area (Å²) in [6, 6.07) is 9.89. The van der Waals surface area contributed by atoms with Crippen molar-refractivity contribution < 1.29 is 5.11 Å². The monoisotopic (exact) mass is 246 g/mol. The van der Waals surface area contributed by atoms with E-state index in [1.807, 2.05) is 50.5 Å². The Morgan fingerprint density at radius 1 is 1.33 bits per heavy atom. The first-order chi connectivity index (χ1) is 8.64. The number of hydrogen-bond donors (Lipinski definition) is 2. The van der Waals surface area contributed by atoms with Crippen LogP contribution >= 0.6 is 0 Å². The summed E-state index contributed by atoms with van der Waals surface area (Å²) in [5.74, 6) is 0. The highest BCUT2D eigenvalue weighted by atomic mass is 16.3. The molecule has 0 spiro atoms. The van der Waals surface area contributed by atoms with Crippen LogP contribution in [-0.4, -0.2) is 26.7 Å². The van der Waals surface area contributed by atoms with E-state index in [2.05, 4.69) is 15.6 Å². The van der Waals surface area contributed by atoms with E-state index in [0.29, 0.717) is 6.54 Å². The number of aromatic nitrogens is 3. The number of aliphatic hydroxyl groups is 1. The summed E-state index contributed by atoms with van der Waals surface area (Å²) in [4.78, 5) is 0. The van der Waals surface area contributed by atoms with Crippen molar-refractivity contribution in [2.45, 2.75) is 19.0 Å². The second-order valence-corrected chi connectivity index (χ2v) is 4.59. The lowest BCUT2D eigenvalue weighted by Gasteiger charge is -2.29. The second kappa shape index (κ2) is 5.29. The lowest BCUT2D eigenvalue weighted by molar-refractivity contribution is 0.173. The van der Waals surface area contributed by atoms with Gasteiger partial charge in [0.1, 0.15) is 0 Å². The summed E-state index contributed by atoms with van der Waals surface area (Å²) in [5.41, 5.74) is 1.43. The third-order valence-corrected chi connectivity index (χ3v) is 3.04. The van der Waals surface area contributed by atoms with Crippen molar-refractivity contribution >= 4 is 0 Å². The molecule has 0 aliphatic heterocycles. The summed E-state index contributed by atoms with van der Waals surface area (Å²) in [6.07, 6.45) is 1.86. The Morgan fingerprint density at radius 3 is 2.61 bits per heavy atom. The molecular formula is C13H18N4O. The van der Waals surface area contributed by atoms with E-state index in [1.54, 1.807) is 4.68 Å². The molecule has 1 aromatic carbocycles. The van der Waals surface area contributed by atoms with Gasteiger partial charge in [0, 0.05) is 19.8 Å². The normalized spacial score (nSPS) is 14.4. The molecule has 0 aliphatic carbocycles. The molecule has 0 saturated heterocycles. The first-order valence-electron chi connectivity index (χ1n) is 5.91. The highest BCUT2D eigenvalue weighted by Crippen LogP contribution is 2.20. The maximum absolute atomic E-state index is 9.62. The minimum atomic E-state index is -0.473. The maximum Gasteiger partial charge on any atom is 0.0965 e. The van der Waals surface area contributed by atoms with Gasteiger partial charge in [-0.25, -0.2) is 0 Å². The van der Waals surface area contributed by atoms with E-state index in [9.17, 15) is 5.11 Å². The zero-order chi connectivity index (χ0) is 13.0. The number of nitrogens with zero attached hydrogens (tertiary/aromatic N) is 3. The molecule has 5 heteroatoms. The number of hydrogen-bond acceptors (Lipinski definition) is 4. The van der Waals surface area contributed by atoms with Crippen molar-refractivity contribution in [3.63, 3.8) is 0 Å². The number of benzene rings is 1. The van der Waals surface area contributed by atoms with E-state index in [4.69, 9.17) is 0 Å². The molecule has 5 nitrogen and oxygen atoms in total. The Bertz CT molecular complexity index is 497. The van der Waals surface area contributed by atoms with Gasteiger partial charge in [0.2, 0.25) is 0 Å². The van der Waals surface area contributed by atoms with Gasteiger partial charge in [0.25, 0.3) is 0 Å². The third-order valence-electron chi connectivity index (χ3n) is 3.04. The minimum Gasteiger partial charge on any atom is -0.394 e. The Labute approximate surface area is 106 Å². The fraction of sp³-hybridized carbons (Fsp3) is 0.385. The van der Waals surface area contributed by atoms with E-state index >= 15 is 0 Å². The first-order valence-corrected chi connectivity index (χ1v) is 5.91. The molecule has 0 fully saturated rings. The molecule has 2 rings (SSSR count). The Balaban J connectivity index is 2.09. The van der Waals surface area contributed by atoms with Crippen molar-refractivity contribution in [3.05, 3.63) is 47.8 Å². The van der Waals surface area contributed by atoms with Gasteiger partial charge in [-0.15, -0.1) is 5.10 Å². The average Bonchev–Trinajstić information content (AvgIpc) is 2.83. The van der Waals surface area contributed by atoms with Gasteiger partial charge in [-0.2, -0.15) is 0 Å². The topological polar surface area (TPSA) is 63.0 Å². The van der Waals surface area contributed by atoms with Crippen LogP contribution < -0.4 is 5.32 Å². The van der Waals surface area contributed by atoms with E-state index in [-0.39, 0.29) is 6.61 Å². The van der Waals surface area contributed by atoms with Gasteiger partial charge in [-0.1, -0.05) is 35.5 Å². The van der Waals surface area contributed by atoms with Crippen molar-refractivity contribution in [1.29, 1.82) is 0 Å². The molecule has 1 atom stereocenters. The van der Waals surface area contributed by atoms with E-state index < -0.39 is 5.54 Å². The molecular weight excluding hydrogens is 228 g/mol. The number of nitrogens with one attached hydrogen (secondary N) is 1. The van der Waals surface area contributed by atoms with Crippen LogP contribution in [0.5, 0.6) is 0 Å². The zero-order valence-electron chi connectivity index (χ0n) is 10.7. The van der Waals surface area contributed by atoms with Crippen molar-refractivity contribution in [2.75, 3.05) is 6.61 Å². The molecule has 2 N–H and O–H groups in total. The van der Waals surface area contributed by atoms with E-state index in [1.165, 1.54) is 0 Å². The molecule has 1 unspecified atom stereocenters. The lowest BCUT2D eigenvalue weighted by Crippen LogP contribution is -2.42. The van der Waals surface area contributed by atoms with Crippen LogP contribution in [0.3, 0.4) is 0 Å². The quantitative estimate of drug-likeness (QED) is 0.819. The Hall–Kier alpha value is -1.72. The molecule has 96 valence electrons. The van der Waals surface area contributed by atoms with Crippen molar-refractivity contribution in [3.8, 4) is 0 Å². The lowest BCUT2D eigenvalue weighted by atomic mass is 9.93. The van der Waals surface area contributed by atoms with Crippen molar-refractivity contribution in [2.24, 2.45) is 7.05 Å². The van der Waals surface area contributed by atoms with Crippen LogP contribution in [0.15, 0.2) is 36.5 Å². The SMILES string of the molecule is Cn1cc(CNC(C)(CO)c2ccccc2)nn1. The van der Waals surface area contributed by atoms with Crippen LogP contribution in [0.4, 0.5) is 0 Å². The van der Waals surface area contributed by atoms with Gasteiger partial charge in [-0.3, -0.25) is 10.00 Å². The summed E-state index contributed by atoms with van der Waals surface area (Å²) in [6.45, 7) is 2.57. The Kier molecular flexibility index (Phi) is 3.74. The fourth-order valence-corrected chi connectivity index (χ4v) is 1.82. The number of aryl methyl sites for hydroxylation is 1. The molecule has 0 bridgehead atoms. The molecule has 0 aliphatic rings.